The Morgan fingerprint density at radius 1 is 1.09 bits per heavy atom. The molecule has 0 heterocycles. The van der Waals surface area contributed by atoms with Gasteiger partial charge < -0.3 is 10.5 Å². The van der Waals surface area contributed by atoms with E-state index < -0.39 is 12.0 Å². The monoisotopic (exact) mass is 312 g/mol. The van der Waals surface area contributed by atoms with E-state index in [1.807, 2.05) is 25.1 Å². The van der Waals surface area contributed by atoms with Gasteiger partial charge in [-0.1, -0.05) is 35.9 Å². The van der Waals surface area contributed by atoms with Gasteiger partial charge in [-0.2, -0.15) is 0 Å². The van der Waals surface area contributed by atoms with E-state index in [0.717, 1.165) is 5.56 Å². The van der Waals surface area contributed by atoms with Crippen LogP contribution in [0.15, 0.2) is 54.6 Å². The van der Waals surface area contributed by atoms with Crippen LogP contribution in [0.4, 0.5) is 5.69 Å². The molecule has 0 saturated heterocycles. The molecule has 0 aliphatic rings. The van der Waals surface area contributed by atoms with Crippen LogP contribution in [-0.4, -0.2) is 24.5 Å². The highest BCUT2D eigenvalue weighted by molar-refractivity contribution is 6.00. The number of hydrogen-bond acceptors (Lipinski definition) is 3. The van der Waals surface area contributed by atoms with Gasteiger partial charge in [-0.3, -0.25) is 14.5 Å². The molecule has 2 rings (SSSR count). The van der Waals surface area contributed by atoms with Crippen LogP contribution in [0.3, 0.4) is 0 Å². The van der Waals surface area contributed by atoms with Crippen LogP contribution in [-0.2, 0) is 9.59 Å². The summed E-state index contributed by atoms with van der Waals surface area (Å²) in [5.74, 6) is -0.302. The largest absolute Gasteiger partial charge is 0.481 e. The number of ether oxygens (including phenoxy) is 1. The number of benzene rings is 2. The minimum absolute atomic E-state index is 0.190. The third-order valence-electron chi connectivity index (χ3n) is 3.33. The van der Waals surface area contributed by atoms with E-state index in [9.17, 15) is 9.59 Å². The molecule has 5 heteroatoms. The van der Waals surface area contributed by atoms with Crippen molar-refractivity contribution in [1.29, 1.82) is 0 Å². The Labute approximate surface area is 135 Å². The van der Waals surface area contributed by atoms with E-state index in [-0.39, 0.29) is 12.5 Å². The molecule has 2 aromatic rings. The summed E-state index contributed by atoms with van der Waals surface area (Å²) in [6.45, 7) is 3.44. The Hall–Kier alpha value is -2.82. The van der Waals surface area contributed by atoms with Gasteiger partial charge in [-0.25, -0.2) is 0 Å². The summed E-state index contributed by atoms with van der Waals surface area (Å²) in [6.07, 6.45) is -0.739. The Balaban J connectivity index is 2.15. The maximum Gasteiger partial charge on any atom is 0.268 e. The fourth-order valence-electron chi connectivity index (χ4n) is 2.15. The molecule has 0 unspecified atom stereocenters. The lowest BCUT2D eigenvalue weighted by atomic mass is 10.2. The lowest BCUT2D eigenvalue weighted by Gasteiger charge is -2.25. The number of carbonyl (C=O) groups is 2. The molecule has 0 aliphatic carbocycles. The van der Waals surface area contributed by atoms with E-state index in [2.05, 4.69) is 0 Å². The predicted molar refractivity (Wildman–Crippen MR) is 89.3 cm³/mol. The predicted octanol–water partition coefficient (Wildman–Crippen LogP) is 2.28. The van der Waals surface area contributed by atoms with Crippen LogP contribution in [0.5, 0.6) is 5.75 Å². The average molecular weight is 312 g/mol. The number of para-hydroxylation sites is 1. The molecular weight excluding hydrogens is 292 g/mol. The molecule has 0 radical (unpaired) electrons. The third-order valence-corrected chi connectivity index (χ3v) is 3.33. The quantitative estimate of drug-likeness (QED) is 0.889. The van der Waals surface area contributed by atoms with Crippen LogP contribution in [0.25, 0.3) is 0 Å². The summed E-state index contributed by atoms with van der Waals surface area (Å²) in [4.78, 5) is 25.3. The fourth-order valence-corrected chi connectivity index (χ4v) is 2.15. The molecule has 0 spiro atoms. The van der Waals surface area contributed by atoms with Gasteiger partial charge >= 0.3 is 0 Å². The highest BCUT2D eigenvalue weighted by Gasteiger charge is 2.24. The van der Waals surface area contributed by atoms with Crippen LogP contribution >= 0.6 is 0 Å². The van der Waals surface area contributed by atoms with Crippen molar-refractivity contribution in [2.24, 2.45) is 5.73 Å². The van der Waals surface area contributed by atoms with E-state index in [0.29, 0.717) is 11.4 Å². The Morgan fingerprint density at radius 2 is 1.70 bits per heavy atom. The summed E-state index contributed by atoms with van der Waals surface area (Å²) < 4.78 is 5.67. The number of rotatable bonds is 6. The molecular formula is C18H20N2O3. The lowest BCUT2D eigenvalue weighted by Crippen LogP contribution is -2.45. The first-order valence-electron chi connectivity index (χ1n) is 7.35. The van der Waals surface area contributed by atoms with Crippen molar-refractivity contribution in [1.82, 2.24) is 0 Å². The summed E-state index contributed by atoms with van der Waals surface area (Å²) >= 11 is 0. The second-order valence-electron chi connectivity index (χ2n) is 5.30. The maximum absolute atomic E-state index is 12.6. The third kappa shape index (κ3) is 4.57. The van der Waals surface area contributed by atoms with Crippen molar-refractivity contribution in [2.45, 2.75) is 20.0 Å². The Morgan fingerprint density at radius 3 is 2.26 bits per heavy atom. The highest BCUT2D eigenvalue weighted by Crippen LogP contribution is 2.18. The minimum atomic E-state index is -0.739. The van der Waals surface area contributed by atoms with Gasteiger partial charge in [0, 0.05) is 5.69 Å². The van der Waals surface area contributed by atoms with Crippen molar-refractivity contribution in [3.63, 3.8) is 0 Å². The first-order valence-corrected chi connectivity index (χ1v) is 7.35. The maximum atomic E-state index is 12.6. The van der Waals surface area contributed by atoms with Gasteiger partial charge in [0.25, 0.3) is 5.91 Å². The number of aryl methyl sites for hydroxylation is 1. The fraction of sp³-hybridized carbons (Fsp3) is 0.222. The van der Waals surface area contributed by atoms with Crippen LogP contribution in [0.2, 0.25) is 0 Å². The van der Waals surface area contributed by atoms with Gasteiger partial charge in [0.1, 0.15) is 12.3 Å². The first-order chi connectivity index (χ1) is 11.0. The molecule has 23 heavy (non-hydrogen) atoms. The smallest absolute Gasteiger partial charge is 0.268 e. The summed E-state index contributed by atoms with van der Waals surface area (Å²) in [7, 11) is 0. The van der Waals surface area contributed by atoms with Gasteiger partial charge in [0.05, 0.1) is 0 Å². The van der Waals surface area contributed by atoms with E-state index in [1.165, 1.54) is 4.90 Å². The normalized spacial score (nSPS) is 11.6. The molecule has 2 aromatic carbocycles. The van der Waals surface area contributed by atoms with E-state index in [4.69, 9.17) is 10.5 Å². The molecule has 2 N–H and O–H groups in total. The van der Waals surface area contributed by atoms with Crippen molar-refractivity contribution < 1.29 is 14.3 Å². The molecule has 2 amide bonds. The van der Waals surface area contributed by atoms with Crippen LogP contribution in [0.1, 0.15) is 12.5 Å². The SMILES string of the molecule is Cc1ccc(O[C@H](C)C(=O)N(CC(N)=O)c2ccccc2)cc1. The topological polar surface area (TPSA) is 72.6 Å². The number of nitrogens with zero attached hydrogens (tertiary/aromatic N) is 1. The summed E-state index contributed by atoms with van der Waals surface area (Å²) in [6, 6.07) is 16.3. The zero-order valence-corrected chi connectivity index (χ0v) is 13.2. The Bertz CT molecular complexity index is 668. The highest BCUT2D eigenvalue weighted by atomic mass is 16.5. The van der Waals surface area contributed by atoms with Gasteiger partial charge in [0.15, 0.2) is 6.10 Å². The van der Waals surface area contributed by atoms with E-state index in [1.54, 1.807) is 43.3 Å². The second kappa shape index (κ2) is 7.45. The zero-order chi connectivity index (χ0) is 16.8. The molecule has 1 atom stereocenters. The average Bonchev–Trinajstić information content (AvgIpc) is 2.54. The number of anilines is 1. The molecule has 0 fully saturated rings. The molecule has 5 nitrogen and oxygen atoms in total. The van der Waals surface area contributed by atoms with Gasteiger partial charge in [0.2, 0.25) is 5.91 Å². The van der Waals surface area contributed by atoms with Crippen molar-refractivity contribution in [3.8, 4) is 5.75 Å². The molecule has 0 aromatic heterocycles. The van der Waals surface area contributed by atoms with Gasteiger partial charge in [-0.05, 0) is 38.1 Å². The molecule has 0 saturated carbocycles. The van der Waals surface area contributed by atoms with Gasteiger partial charge in [-0.15, -0.1) is 0 Å². The number of amides is 2. The standard InChI is InChI=1S/C18H20N2O3/c1-13-8-10-16(11-9-13)23-14(2)18(22)20(12-17(19)21)15-6-4-3-5-7-15/h3-11,14H,12H2,1-2H3,(H2,19,21)/t14-/m1/s1. The number of carbonyl (C=O) groups excluding carboxylic acids is 2. The summed E-state index contributed by atoms with van der Waals surface area (Å²) in [5.41, 5.74) is 6.98. The second-order valence-corrected chi connectivity index (χ2v) is 5.30. The van der Waals surface area contributed by atoms with Crippen molar-refractivity contribution >= 4 is 17.5 Å². The van der Waals surface area contributed by atoms with Crippen LogP contribution < -0.4 is 15.4 Å². The number of hydrogen-bond donors (Lipinski definition) is 1. The minimum Gasteiger partial charge on any atom is -0.481 e. The van der Waals surface area contributed by atoms with E-state index >= 15 is 0 Å². The van der Waals surface area contributed by atoms with Crippen LogP contribution in [0, 0.1) is 6.92 Å². The van der Waals surface area contributed by atoms with Crippen molar-refractivity contribution in [3.05, 3.63) is 60.2 Å². The zero-order valence-electron chi connectivity index (χ0n) is 13.2. The first kappa shape index (κ1) is 16.5. The Kier molecular flexibility index (Phi) is 5.36. The molecule has 0 aliphatic heterocycles. The lowest BCUT2D eigenvalue weighted by molar-refractivity contribution is -0.126. The molecule has 0 bridgehead atoms. The van der Waals surface area contributed by atoms with Crippen molar-refractivity contribution in [2.75, 3.05) is 11.4 Å². The molecule has 120 valence electrons. The summed E-state index contributed by atoms with van der Waals surface area (Å²) in [5, 5.41) is 0. The number of nitrogens with two attached hydrogens (primary N) is 1. The number of primary amides is 1.